The van der Waals surface area contributed by atoms with Crippen LogP contribution in [0.15, 0.2) is 0 Å². The van der Waals surface area contributed by atoms with Crippen molar-refractivity contribution in [1.29, 1.82) is 0 Å². The predicted octanol–water partition coefficient (Wildman–Crippen LogP) is 18.4. The summed E-state index contributed by atoms with van der Waals surface area (Å²) in [6.45, 7) is 70.7. The van der Waals surface area contributed by atoms with Crippen molar-refractivity contribution < 1.29 is 74.2 Å². The van der Waals surface area contributed by atoms with Crippen LogP contribution in [0.25, 0.3) is 0 Å². The fourth-order valence-electron chi connectivity index (χ4n) is 13.0. The van der Waals surface area contributed by atoms with E-state index in [0.717, 1.165) is 160 Å². The Balaban J connectivity index is -0.000000200. The first-order valence-corrected chi connectivity index (χ1v) is 53.6. The second-order valence-corrected chi connectivity index (χ2v) is 42.1. The molecule has 0 saturated heterocycles. The number of nitrogens with one attached hydrogen (secondary N) is 4. The Hall–Kier alpha value is -1.76. The van der Waals surface area contributed by atoms with Crippen LogP contribution in [0.4, 0.5) is 38.4 Å². The minimum atomic E-state index is 0.0541. The van der Waals surface area contributed by atoms with Crippen molar-refractivity contribution in [2.75, 3.05) is 343 Å². The van der Waals surface area contributed by atoms with E-state index in [1.165, 1.54) is 250 Å². The average molecular weight is 1870 g/mol. The van der Waals surface area contributed by atoms with E-state index in [4.69, 9.17) is 0 Å². The predicted molar refractivity (Wildman–Crippen MR) is 546 cm³/mol. The van der Waals surface area contributed by atoms with Crippen LogP contribution in [-0.4, -0.2) is 440 Å². The molecule has 32 heteroatoms. The van der Waals surface area contributed by atoms with Crippen molar-refractivity contribution in [3.63, 3.8) is 0 Å². The Morgan fingerprint density at radius 3 is 0.500 bits per heavy atom. The number of hydrogen-bond donors (Lipinski definition) is 4. The van der Waals surface area contributed by atoms with Crippen LogP contribution < -0.4 is 21.3 Å². The van der Waals surface area contributed by atoms with Gasteiger partial charge in [-0.25, -0.2) is 0 Å². The topological polar surface area (TPSA) is 198 Å². The first kappa shape index (κ1) is 134. The lowest BCUT2D eigenvalue weighted by Gasteiger charge is -2.37. The van der Waals surface area contributed by atoms with Crippen LogP contribution in [0.5, 0.6) is 0 Å². The van der Waals surface area contributed by atoms with Gasteiger partial charge < -0.3 is 76.7 Å². The molecule has 0 aliphatic rings. The maximum absolute atomic E-state index is 11.6. The average Bonchev–Trinajstić information content (AvgIpc) is 0.862. The number of unbranched alkanes of at least 4 members (excludes halogenated alkanes) is 2. The van der Waals surface area contributed by atoms with Gasteiger partial charge in [-0.05, 0) is 121 Å². The highest BCUT2D eigenvalue weighted by Crippen LogP contribution is 2.20. The number of carbonyl (C=O) groups excluding carboxylic acids is 8. The standard InChI is InChI=1S/C14H31N2OS.C13H29N2OS.C13H28N2OS.C12H26N2OS.C11H25N2OS.C10H22N2OS.C8H19N2OS.C7H16N2OS/c1-6-9-11-16(8-3,10-7-2)12-13-18-14(17)15(4)5;1-6-9-15(8-3,10-7-2)11-12-17-13(16)14(4)5;1-5-8-10-15(7-3,9-6-2)11-12-17-13(16)14-4;1-5-8-14(7-3,9-6-2)10-11-16-12(15)13-4;1-6-13(7-2,8-3)9-10-15-11(14)12(4)5;1-5-12(6-2,7-3)8-9-14-10(13)11-4;1-9(2)8(11)12-7-6-10(3,4)5;1-8-7(10)11-6-5-9(2,3)4/h6-13H2,1-5H3;6-12H2,1-5H3;5-12H2,1-4H3;5-11H2,1-4H3;6-10H2,1-5H3;5-9H2,1-4H3;6-7H2,1-5H3;5-6H2,1-4H3/q2*+1;;;+1;;+1;/p+4. The molecule has 0 aromatic rings. The smallest absolute Gasteiger partial charge is 0.281 e. The molecule has 720 valence electrons. The molecule has 2 atom stereocenters. The molecular weight excluding hydrogens is 1670 g/mol. The Kier molecular flexibility index (Phi) is 92.4. The summed E-state index contributed by atoms with van der Waals surface area (Å²) < 4.78 is 8.74. The highest BCUT2D eigenvalue weighted by molar-refractivity contribution is 8.15. The van der Waals surface area contributed by atoms with E-state index in [2.05, 4.69) is 188 Å². The molecule has 0 radical (unpaired) electrons. The van der Waals surface area contributed by atoms with E-state index in [1.807, 2.05) is 28.2 Å². The second kappa shape index (κ2) is 82.9. The molecule has 0 saturated carbocycles. The summed E-state index contributed by atoms with van der Waals surface area (Å²) in [6, 6.07) is 0. The largest absolute Gasteiger partial charge is 0.350 e. The highest BCUT2D eigenvalue weighted by atomic mass is 32.2. The summed E-state index contributed by atoms with van der Waals surface area (Å²) in [5, 5.41) is 11.5. The molecule has 0 rings (SSSR count). The maximum atomic E-state index is 11.6. The zero-order valence-electron chi connectivity index (χ0n) is 85.0. The minimum Gasteiger partial charge on any atom is -0.350 e. The molecule has 8 amide bonds. The molecule has 0 aromatic heterocycles. The van der Waals surface area contributed by atoms with Crippen LogP contribution in [-0.2, 0) is 0 Å². The van der Waals surface area contributed by atoms with Gasteiger partial charge in [0, 0.05) is 84.6 Å². The number of hydrogen-bond acceptors (Lipinski definition) is 16. The summed E-state index contributed by atoms with van der Waals surface area (Å²) in [4.78, 5) is 96.2. The van der Waals surface area contributed by atoms with E-state index in [9.17, 15) is 38.4 Å². The van der Waals surface area contributed by atoms with Gasteiger partial charge in [0.15, 0.2) is 0 Å². The van der Waals surface area contributed by atoms with Crippen molar-refractivity contribution in [2.24, 2.45) is 0 Å². The summed E-state index contributed by atoms with van der Waals surface area (Å²) in [5.41, 5.74) is 0. The van der Waals surface area contributed by atoms with E-state index >= 15 is 0 Å². The van der Waals surface area contributed by atoms with Crippen molar-refractivity contribution in [3.8, 4) is 0 Å². The maximum Gasteiger partial charge on any atom is 0.281 e. The van der Waals surface area contributed by atoms with Gasteiger partial charge in [-0.15, -0.1) is 0 Å². The number of thioether (sulfide) groups is 8. The van der Waals surface area contributed by atoms with E-state index in [1.54, 1.807) is 76.0 Å². The molecule has 0 aromatic carbocycles. The van der Waals surface area contributed by atoms with Crippen molar-refractivity contribution in [1.82, 2.24) is 40.9 Å². The molecule has 120 heavy (non-hydrogen) atoms. The molecule has 0 fully saturated rings. The van der Waals surface area contributed by atoms with Gasteiger partial charge in [-0.3, -0.25) is 38.4 Å². The van der Waals surface area contributed by atoms with Gasteiger partial charge in [-0.1, -0.05) is 162 Å². The number of rotatable bonds is 52. The Bertz CT molecular complexity index is 2460. The number of nitrogens with zero attached hydrogens (tertiary/aromatic N) is 12. The van der Waals surface area contributed by atoms with E-state index < -0.39 is 0 Å². The van der Waals surface area contributed by atoms with Crippen LogP contribution >= 0.6 is 94.1 Å². The molecule has 0 aliphatic carbocycles. The van der Waals surface area contributed by atoms with Gasteiger partial charge in [0.1, 0.15) is 0 Å². The minimum absolute atomic E-state index is 0.0541. The zero-order chi connectivity index (χ0) is 94.5. The Morgan fingerprint density at radius 1 is 0.208 bits per heavy atom. The normalized spacial score (nSPS) is 12.3. The molecule has 24 nitrogen and oxygen atoms in total. The molecule has 2 unspecified atom stereocenters. The number of amides is 8. The SMILES string of the molecule is CCCC[N+](CC)(CCC)CCSC(=O)N(C)C.CCCC[N+](CC)(CCC)CCSC(=O)NC.CCC[N+](CC)(CCC)CCSC(=O)N(C)C.CCC[N+](CC)(CCC)CCSC(=O)NC.CC[N+](CC)(CC)CCSC(=O)N(C)C.CC[N+](CC)(CC)CCSC(=O)NC.CN(C)C(=O)SCC[N+](C)(C)C.CNC(=O)SCC[N+](C)(C)C. The Labute approximate surface area is 777 Å². The fraction of sp³-hybridized carbons (Fsp3) is 0.909. The lowest BCUT2D eigenvalue weighted by molar-refractivity contribution is -0.924. The van der Waals surface area contributed by atoms with Crippen LogP contribution in [0.3, 0.4) is 0 Å². The van der Waals surface area contributed by atoms with Gasteiger partial charge in [0.25, 0.3) is 41.9 Å². The third-order valence-corrected chi connectivity index (χ3v) is 29.3. The highest BCUT2D eigenvalue weighted by Gasteiger charge is 2.29. The van der Waals surface area contributed by atoms with Gasteiger partial charge >= 0.3 is 0 Å². The van der Waals surface area contributed by atoms with Crippen molar-refractivity contribution in [3.05, 3.63) is 0 Å². The van der Waals surface area contributed by atoms with Crippen LogP contribution in [0, 0.1) is 0 Å². The van der Waals surface area contributed by atoms with Gasteiger partial charge in [-0.2, -0.15) is 0 Å². The van der Waals surface area contributed by atoms with Crippen molar-refractivity contribution >= 4 is 136 Å². The monoisotopic (exact) mass is 1870 g/mol. The molecule has 4 N–H and O–H groups in total. The summed E-state index contributed by atoms with van der Waals surface area (Å²) in [7, 11) is 33.9. The summed E-state index contributed by atoms with van der Waals surface area (Å²) in [6.07, 6.45) is 12.4. The molecular formula is C88H200N16O8S8+8. The third kappa shape index (κ3) is 76.3. The molecule has 0 aliphatic heterocycles. The molecule has 0 spiro atoms. The van der Waals surface area contributed by atoms with Crippen molar-refractivity contribution in [2.45, 2.75) is 189 Å². The summed E-state index contributed by atoms with van der Waals surface area (Å²) in [5.74, 6) is 7.33. The second-order valence-electron chi connectivity index (χ2n) is 33.7. The number of carbonyl (C=O) groups is 8. The molecule has 0 heterocycles. The van der Waals surface area contributed by atoms with Crippen LogP contribution in [0.2, 0.25) is 0 Å². The number of quaternary nitrogens is 8. The van der Waals surface area contributed by atoms with Crippen LogP contribution in [0.1, 0.15) is 189 Å². The van der Waals surface area contributed by atoms with E-state index in [0.29, 0.717) is 0 Å². The zero-order valence-corrected chi connectivity index (χ0v) is 91.5. The fourth-order valence-corrected chi connectivity index (χ4v) is 20.2. The quantitative estimate of drug-likeness (QED) is 0.0419. The van der Waals surface area contributed by atoms with E-state index in [-0.39, 0.29) is 41.9 Å². The first-order valence-electron chi connectivity index (χ1n) is 45.7. The Morgan fingerprint density at radius 2 is 0.358 bits per heavy atom. The van der Waals surface area contributed by atoms with Gasteiger partial charge in [0.05, 0.1) is 258 Å². The summed E-state index contributed by atoms with van der Waals surface area (Å²) >= 11 is 11.3. The third-order valence-electron chi connectivity index (χ3n) is 21.9. The lowest BCUT2D eigenvalue weighted by Crippen LogP contribution is -2.50. The lowest BCUT2D eigenvalue weighted by atomic mass is 10.2. The molecule has 0 bridgehead atoms. The first-order chi connectivity index (χ1) is 56.2. The van der Waals surface area contributed by atoms with Gasteiger partial charge in [0.2, 0.25) is 0 Å².